The summed E-state index contributed by atoms with van der Waals surface area (Å²) in [6, 6.07) is 7.80. The van der Waals surface area contributed by atoms with Crippen molar-refractivity contribution in [1.29, 1.82) is 0 Å². The highest BCUT2D eigenvalue weighted by atomic mass is 32.1. The third kappa shape index (κ3) is 3.22. The normalized spacial score (nSPS) is 20.6. The lowest BCUT2D eigenvalue weighted by Gasteiger charge is -2.44. The topological polar surface area (TPSA) is 71.5 Å². The molecule has 0 unspecified atom stereocenters. The second kappa shape index (κ2) is 6.97. The van der Waals surface area contributed by atoms with E-state index in [2.05, 4.69) is 10.3 Å². The van der Waals surface area contributed by atoms with Crippen molar-refractivity contribution in [2.24, 2.45) is 0 Å². The number of hydrogen-bond donors (Lipinski definition) is 1. The zero-order valence-corrected chi connectivity index (χ0v) is 16.5. The Morgan fingerprint density at radius 2 is 2.07 bits per heavy atom. The molecule has 1 spiro atoms. The lowest BCUT2D eigenvalue weighted by atomic mass is 9.82. The predicted molar refractivity (Wildman–Crippen MR) is 106 cm³/mol. The Bertz CT molecular complexity index is 899. The molecule has 1 aliphatic carbocycles. The molecular formula is C21H23N3O3S. The number of carbonyl (C=O) groups excluding carboxylic acids is 2. The Labute approximate surface area is 167 Å². The average Bonchev–Trinajstić information content (AvgIpc) is 3.43. The smallest absolute Gasteiger partial charge is 0.272 e. The Balaban J connectivity index is 1.33. The molecule has 5 rings (SSSR count). The van der Waals surface area contributed by atoms with Gasteiger partial charge in [0.2, 0.25) is 0 Å². The minimum Gasteiger partial charge on any atom is -0.370 e. The van der Waals surface area contributed by atoms with Crippen LogP contribution in [0, 0.1) is 0 Å². The van der Waals surface area contributed by atoms with Crippen molar-refractivity contribution in [1.82, 2.24) is 15.2 Å². The molecule has 28 heavy (non-hydrogen) atoms. The molecule has 2 aromatic rings. The van der Waals surface area contributed by atoms with E-state index < -0.39 is 0 Å². The molecular weight excluding hydrogens is 374 g/mol. The summed E-state index contributed by atoms with van der Waals surface area (Å²) in [5.41, 5.74) is 1.27. The van der Waals surface area contributed by atoms with E-state index >= 15 is 0 Å². The first-order chi connectivity index (χ1) is 13.6. The second-order valence-electron chi connectivity index (χ2n) is 7.80. The number of thiophene rings is 1. The number of pyridine rings is 1. The van der Waals surface area contributed by atoms with Crippen LogP contribution in [-0.4, -0.2) is 47.4 Å². The summed E-state index contributed by atoms with van der Waals surface area (Å²) in [7, 11) is 0. The van der Waals surface area contributed by atoms with Gasteiger partial charge in [-0.25, -0.2) is 0 Å². The van der Waals surface area contributed by atoms with Gasteiger partial charge in [0.1, 0.15) is 5.69 Å². The number of fused-ring (bicyclic) bond motifs is 2. The molecule has 2 aliphatic heterocycles. The summed E-state index contributed by atoms with van der Waals surface area (Å²) in [6.07, 6.45) is 6.18. The molecule has 6 nitrogen and oxygen atoms in total. The number of aromatic nitrogens is 1. The minimum absolute atomic E-state index is 0.0266. The van der Waals surface area contributed by atoms with Gasteiger partial charge >= 0.3 is 0 Å². The number of carbonyl (C=O) groups is 2. The van der Waals surface area contributed by atoms with E-state index in [4.69, 9.17) is 4.74 Å². The van der Waals surface area contributed by atoms with Gasteiger partial charge in [-0.2, -0.15) is 0 Å². The summed E-state index contributed by atoms with van der Waals surface area (Å²) in [4.78, 5) is 33.3. The van der Waals surface area contributed by atoms with Crippen LogP contribution in [0.25, 0.3) is 0 Å². The van der Waals surface area contributed by atoms with E-state index in [1.165, 1.54) is 4.88 Å². The molecule has 2 aromatic heterocycles. The van der Waals surface area contributed by atoms with Crippen molar-refractivity contribution in [2.75, 3.05) is 19.7 Å². The summed E-state index contributed by atoms with van der Waals surface area (Å²) >= 11 is 1.60. The van der Waals surface area contributed by atoms with Gasteiger partial charge in [0.15, 0.2) is 0 Å². The van der Waals surface area contributed by atoms with Gasteiger partial charge in [0.05, 0.1) is 17.1 Å². The molecule has 2 amide bonds. The quantitative estimate of drug-likeness (QED) is 0.865. The van der Waals surface area contributed by atoms with E-state index in [1.54, 1.807) is 23.6 Å². The van der Waals surface area contributed by atoms with Crippen LogP contribution in [0.15, 0.2) is 30.5 Å². The van der Waals surface area contributed by atoms with E-state index in [0.717, 1.165) is 42.5 Å². The fourth-order valence-corrected chi connectivity index (χ4v) is 5.28. The van der Waals surface area contributed by atoms with Crippen molar-refractivity contribution in [3.8, 4) is 0 Å². The van der Waals surface area contributed by atoms with Crippen LogP contribution in [0.4, 0.5) is 0 Å². The number of amides is 2. The number of hydrogen-bond acceptors (Lipinski definition) is 5. The van der Waals surface area contributed by atoms with Gasteiger partial charge in [0, 0.05) is 36.6 Å². The van der Waals surface area contributed by atoms with Gasteiger partial charge in [-0.3, -0.25) is 14.6 Å². The van der Waals surface area contributed by atoms with E-state index in [1.807, 2.05) is 23.1 Å². The van der Waals surface area contributed by atoms with Crippen molar-refractivity contribution < 1.29 is 14.3 Å². The molecule has 0 radical (unpaired) electrons. The predicted octanol–water partition coefficient (Wildman–Crippen LogP) is 2.74. The first kappa shape index (κ1) is 17.8. The minimum atomic E-state index is -0.372. The lowest BCUT2D eigenvalue weighted by Crippen LogP contribution is -2.48. The molecule has 2 fully saturated rings. The number of piperidine rings is 1. The summed E-state index contributed by atoms with van der Waals surface area (Å²) < 4.78 is 6.27. The maximum Gasteiger partial charge on any atom is 0.272 e. The average molecular weight is 398 g/mol. The van der Waals surface area contributed by atoms with Gasteiger partial charge < -0.3 is 15.0 Å². The Kier molecular flexibility index (Phi) is 4.44. The van der Waals surface area contributed by atoms with Crippen LogP contribution in [0.2, 0.25) is 0 Å². The molecule has 4 heterocycles. The maximum atomic E-state index is 12.7. The molecule has 0 aromatic carbocycles. The standard InChI is InChI=1S/C21H23N3O3S/c25-19(23-14-4-5-14)18-13-15-17(28-18)6-12-27-21(15)7-10-24(11-8-21)20(26)16-3-1-2-9-22-16/h1-3,9,13-14H,4-8,10-12H2,(H,23,25). The molecule has 0 atom stereocenters. The van der Waals surface area contributed by atoms with Crippen molar-refractivity contribution in [3.63, 3.8) is 0 Å². The zero-order valence-electron chi connectivity index (χ0n) is 15.6. The molecule has 1 N–H and O–H groups in total. The van der Waals surface area contributed by atoms with Crippen molar-refractivity contribution in [2.45, 2.75) is 43.7 Å². The van der Waals surface area contributed by atoms with Gasteiger partial charge in [-0.1, -0.05) is 6.07 Å². The Morgan fingerprint density at radius 1 is 1.25 bits per heavy atom. The molecule has 3 aliphatic rings. The Morgan fingerprint density at radius 3 is 2.79 bits per heavy atom. The molecule has 7 heteroatoms. The highest BCUT2D eigenvalue weighted by molar-refractivity contribution is 7.14. The third-order valence-corrected chi connectivity index (χ3v) is 7.08. The number of ether oxygens (including phenoxy) is 1. The van der Waals surface area contributed by atoms with Crippen molar-refractivity contribution in [3.05, 3.63) is 51.5 Å². The highest BCUT2D eigenvalue weighted by Crippen LogP contribution is 2.44. The molecule has 0 bridgehead atoms. The monoisotopic (exact) mass is 397 g/mol. The van der Waals surface area contributed by atoms with Crippen LogP contribution in [0.1, 0.15) is 56.3 Å². The van der Waals surface area contributed by atoms with Gasteiger partial charge in [-0.15, -0.1) is 11.3 Å². The van der Waals surface area contributed by atoms with Crippen LogP contribution in [0.5, 0.6) is 0 Å². The van der Waals surface area contributed by atoms with E-state index in [0.29, 0.717) is 31.4 Å². The molecule has 1 saturated heterocycles. The lowest BCUT2D eigenvalue weighted by molar-refractivity contribution is -0.0926. The van der Waals surface area contributed by atoms with Crippen molar-refractivity contribution >= 4 is 23.2 Å². The number of nitrogens with zero attached hydrogens (tertiary/aromatic N) is 2. The van der Waals surface area contributed by atoms with Crippen LogP contribution >= 0.6 is 11.3 Å². The largest absolute Gasteiger partial charge is 0.370 e. The first-order valence-electron chi connectivity index (χ1n) is 9.93. The van der Waals surface area contributed by atoms with Gasteiger partial charge in [-0.05, 0) is 49.4 Å². The number of rotatable bonds is 3. The summed E-state index contributed by atoms with van der Waals surface area (Å²) in [6.45, 7) is 1.94. The number of nitrogens with one attached hydrogen (secondary N) is 1. The molecule has 1 saturated carbocycles. The van der Waals surface area contributed by atoms with Crippen LogP contribution in [0.3, 0.4) is 0 Å². The highest BCUT2D eigenvalue weighted by Gasteiger charge is 2.43. The first-order valence-corrected chi connectivity index (χ1v) is 10.7. The second-order valence-corrected chi connectivity index (χ2v) is 8.93. The fourth-order valence-electron chi connectivity index (χ4n) is 4.15. The summed E-state index contributed by atoms with van der Waals surface area (Å²) in [5, 5.41) is 3.08. The van der Waals surface area contributed by atoms with E-state index in [9.17, 15) is 9.59 Å². The Hall–Kier alpha value is -2.25. The fraction of sp³-hybridized carbons (Fsp3) is 0.476. The zero-order chi connectivity index (χ0) is 19.1. The van der Waals surface area contributed by atoms with E-state index in [-0.39, 0.29) is 17.4 Å². The SMILES string of the molecule is O=C(NC1CC1)c1cc2c(s1)CCOC21CCN(C(=O)c2ccccn2)CC1. The van der Waals surface area contributed by atoms with Crippen LogP contribution in [-0.2, 0) is 16.8 Å². The molecule has 146 valence electrons. The maximum absolute atomic E-state index is 12.7. The number of likely N-dealkylation sites (tertiary alicyclic amines) is 1. The van der Waals surface area contributed by atoms with Crippen LogP contribution < -0.4 is 5.32 Å². The third-order valence-electron chi connectivity index (χ3n) is 5.89. The summed E-state index contributed by atoms with van der Waals surface area (Å²) in [5.74, 6) is 0.0149. The van der Waals surface area contributed by atoms with Gasteiger partial charge in [0.25, 0.3) is 11.8 Å².